The van der Waals surface area contributed by atoms with Crippen LogP contribution in [0, 0.1) is 0 Å². The summed E-state index contributed by atoms with van der Waals surface area (Å²) in [5.74, 6) is -1.75. The van der Waals surface area contributed by atoms with Crippen LogP contribution in [0.25, 0.3) is 0 Å². The Bertz CT molecular complexity index is 303. The van der Waals surface area contributed by atoms with E-state index in [1.807, 2.05) is 0 Å². The van der Waals surface area contributed by atoms with Crippen LogP contribution < -0.4 is 0 Å². The van der Waals surface area contributed by atoms with Crippen LogP contribution in [0.2, 0.25) is 0 Å². The van der Waals surface area contributed by atoms with Gasteiger partial charge in [-0.05, 0) is 0 Å². The van der Waals surface area contributed by atoms with Crippen LogP contribution in [-0.2, 0) is 9.53 Å². The highest BCUT2D eigenvalue weighted by molar-refractivity contribution is 5.79. The number of hydrogen-bond acceptors (Lipinski definition) is 3. The van der Waals surface area contributed by atoms with Gasteiger partial charge in [0.05, 0.1) is 6.42 Å². The maximum Gasteiger partial charge on any atom is 0.410 e. The number of aliphatic carboxylic acids is 1. The van der Waals surface area contributed by atoms with Crippen molar-refractivity contribution in [1.82, 2.24) is 4.90 Å². The van der Waals surface area contributed by atoms with E-state index in [1.165, 1.54) is 6.08 Å². The summed E-state index contributed by atoms with van der Waals surface area (Å²) in [4.78, 5) is 22.2. The van der Waals surface area contributed by atoms with E-state index in [0.29, 0.717) is 4.90 Å². The third kappa shape index (κ3) is 5.79. The van der Waals surface area contributed by atoms with Gasteiger partial charge in [-0.25, -0.2) is 9.59 Å². The Labute approximate surface area is 95.5 Å². The van der Waals surface area contributed by atoms with Gasteiger partial charge < -0.3 is 9.84 Å². The molecule has 0 spiro atoms. The molecule has 0 aliphatic carbocycles. The molecule has 0 bridgehead atoms. The second-order valence-corrected chi connectivity index (χ2v) is 3.15. The second kappa shape index (κ2) is 6.12. The zero-order valence-electron chi connectivity index (χ0n) is 9.03. The van der Waals surface area contributed by atoms with Crippen molar-refractivity contribution >= 4 is 12.1 Å². The van der Waals surface area contributed by atoms with Gasteiger partial charge in [-0.2, -0.15) is 13.2 Å². The minimum absolute atomic E-state index is 0.207. The summed E-state index contributed by atoms with van der Waals surface area (Å²) in [7, 11) is 0.927. The van der Waals surface area contributed by atoms with Crippen LogP contribution in [0.15, 0.2) is 12.7 Å². The highest BCUT2D eigenvalue weighted by Gasteiger charge is 2.39. The van der Waals surface area contributed by atoms with Crippen molar-refractivity contribution in [3.63, 3.8) is 0 Å². The molecule has 0 aromatic heterocycles. The molecule has 5 nitrogen and oxygen atoms in total. The molecule has 1 atom stereocenters. The van der Waals surface area contributed by atoms with Crippen molar-refractivity contribution in [1.29, 1.82) is 0 Å². The van der Waals surface area contributed by atoms with E-state index in [-0.39, 0.29) is 6.61 Å². The number of amides is 1. The monoisotopic (exact) mass is 255 g/mol. The molecule has 0 aromatic carbocycles. The number of ether oxygens (including phenoxy) is 1. The molecule has 1 N–H and O–H groups in total. The van der Waals surface area contributed by atoms with Gasteiger partial charge in [0.2, 0.25) is 0 Å². The first-order valence-electron chi connectivity index (χ1n) is 4.49. The van der Waals surface area contributed by atoms with Gasteiger partial charge in [-0.15, -0.1) is 0 Å². The smallest absolute Gasteiger partial charge is 0.410 e. The Balaban J connectivity index is 4.65. The summed E-state index contributed by atoms with van der Waals surface area (Å²) >= 11 is 0. The SMILES string of the molecule is C=CCOC(=O)N(C)C(CC(F)(F)F)C(=O)O. The number of carbonyl (C=O) groups excluding carboxylic acids is 1. The molecule has 1 amide bonds. The average Bonchev–Trinajstić information content (AvgIpc) is 2.19. The fraction of sp³-hybridized carbons (Fsp3) is 0.556. The molecular weight excluding hydrogens is 243 g/mol. The Morgan fingerprint density at radius 3 is 2.41 bits per heavy atom. The third-order valence-corrected chi connectivity index (χ3v) is 1.79. The van der Waals surface area contributed by atoms with E-state index in [1.54, 1.807) is 0 Å². The quantitative estimate of drug-likeness (QED) is 0.758. The lowest BCUT2D eigenvalue weighted by Gasteiger charge is -2.24. The maximum atomic E-state index is 12.1. The molecule has 0 aliphatic heterocycles. The van der Waals surface area contributed by atoms with Crippen LogP contribution in [0.1, 0.15) is 6.42 Å². The summed E-state index contributed by atoms with van der Waals surface area (Å²) in [6, 6.07) is -2.01. The summed E-state index contributed by atoms with van der Waals surface area (Å²) in [5, 5.41) is 8.61. The number of alkyl halides is 3. The van der Waals surface area contributed by atoms with E-state index in [0.717, 1.165) is 7.05 Å². The highest BCUT2D eigenvalue weighted by atomic mass is 19.4. The number of likely N-dealkylation sites (N-methyl/N-ethyl adjacent to an activating group) is 1. The molecule has 0 saturated carbocycles. The molecule has 8 heteroatoms. The lowest BCUT2D eigenvalue weighted by atomic mass is 10.2. The number of nitrogens with zero attached hydrogens (tertiary/aromatic N) is 1. The Morgan fingerprint density at radius 2 is 2.06 bits per heavy atom. The molecular formula is C9H12F3NO4. The van der Waals surface area contributed by atoms with Gasteiger partial charge in [0, 0.05) is 7.05 Å². The van der Waals surface area contributed by atoms with Crippen LogP contribution >= 0.6 is 0 Å². The maximum absolute atomic E-state index is 12.1. The molecule has 0 heterocycles. The zero-order chi connectivity index (χ0) is 13.6. The van der Waals surface area contributed by atoms with Gasteiger partial charge in [-0.1, -0.05) is 12.7 Å². The van der Waals surface area contributed by atoms with E-state index >= 15 is 0 Å². The Morgan fingerprint density at radius 1 is 1.53 bits per heavy atom. The van der Waals surface area contributed by atoms with Crippen molar-refractivity contribution in [2.24, 2.45) is 0 Å². The van der Waals surface area contributed by atoms with Gasteiger partial charge in [0.25, 0.3) is 0 Å². The minimum Gasteiger partial charge on any atom is -0.480 e. The first kappa shape index (κ1) is 15.3. The first-order valence-corrected chi connectivity index (χ1v) is 4.49. The molecule has 0 radical (unpaired) electrons. The van der Waals surface area contributed by atoms with Gasteiger partial charge >= 0.3 is 18.2 Å². The number of hydrogen-bond donors (Lipinski definition) is 1. The number of halogens is 3. The fourth-order valence-electron chi connectivity index (χ4n) is 0.968. The van der Waals surface area contributed by atoms with E-state index in [9.17, 15) is 22.8 Å². The van der Waals surface area contributed by atoms with Crippen molar-refractivity contribution in [3.05, 3.63) is 12.7 Å². The highest BCUT2D eigenvalue weighted by Crippen LogP contribution is 2.24. The molecule has 0 aliphatic rings. The normalized spacial score (nSPS) is 12.7. The molecule has 0 aromatic rings. The van der Waals surface area contributed by atoms with Gasteiger partial charge in [-0.3, -0.25) is 4.90 Å². The summed E-state index contributed by atoms with van der Waals surface area (Å²) in [5.41, 5.74) is 0. The standard InChI is InChI=1S/C9H12F3NO4/c1-3-4-17-8(16)13(2)6(7(14)15)5-9(10,11)12/h3,6H,1,4-5H2,2H3,(H,14,15). The molecule has 0 saturated heterocycles. The molecule has 0 fully saturated rings. The first-order chi connectivity index (χ1) is 7.69. The zero-order valence-corrected chi connectivity index (χ0v) is 9.03. The van der Waals surface area contributed by atoms with E-state index in [4.69, 9.17) is 5.11 Å². The Kier molecular flexibility index (Phi) is 5.49. The number of carboxylic acids is 1. The largest absolute Gasteiger partial charge is 0.480 e. The average molecular weight is 255 g/mol. The van der Waals surface area contributed by atoms with Crippen LogP contribution in [-0.4, -0.2) is 47.9 Å². The number of carbonyl (C=O) groups is 2. The summed E-state index contributed by atoms with van der Waals surface area (Å²) in [6.45, 7) is 3.03. The van der Waals surface area contributed by atoms with Crippen LogP contribution in [0.3, 0.4) is 0 Å². The predicted molar refractivity (Wildman–Crippen MR) is 51.4 cm³/mol. The molecule has 98 valence electrons. The number of rotatable bonds is 5. The van der Waals surface area contributed by atoms with E-state index in [2.05, 4.69) is 11.3 Å². The summed E-state index contributed by atoms with van der Waals surface area (Å²) < 4.78 is 40.7. The third-order valence-electron chi connectivity index (χ3n) is 1.79. The van der Waals surface area contributed by atoms with Crippen molar-refractivity contribution in [3.8, 4) is 0 Å². The fourth-order valence-corrected chi connectivity index (χ4v) is 0.968. The minimum atomic E-state index is -4.68. The lowest BCUT2D eigenvalue weighted by molar-refractivity contribution is -0.164. The predicted octanol–water partition coefficient (Wildman–Crippen LogP) is 1.65. The summed E-state index contributed by atoms with van der Waals surface area (Å²) in [6.07, 6.45) is -6.26. The molecule has 17 heavy (non-hydrogen) atoms. The molecule has 1 unspecified atom stereocenters. The van der Waals surface area contributed by atoms with Gasteiger partial charge in [0.15, 0.2) is 0 Å². The van der Waals surface area contributed by atoms with Crippen LogP contribution in [0.5, 0.6) is 0 Å². The Hall–Kier alpha value is -1.73. The van der Waals surface area contributed by atoms with Crippen molar-refractivity contribution in [2.45, 2.75) is 18.6 Å². The van der Waals surface area contributed by atoms with Crippen molar-refractivity contribution < 1.29 is 32.6 Å². The van der Waals surface area contributed by atoms with Crippen molar-refractivity contribution in [2.75, 3.05) is 13.7 Å². The second-order valence-electron chi connectivity index (χ2n) is 3.15. The van der Waals surface area contributed by atoms with Crippen LogP contribution in [0.4, 0.5) is 18.0 Å². The molecule has 0 rings (SSSR count). The number of carboxylic acid groups (broad SMARTS) is 1. The lowest BCUT2D eigenvalue weighted by Crippen LogP contribution is -2.45. The topological polar surface area (TPSA) is 66.8 Å². The van der Waals surface area contributed by atoms with E-state index < -0.39 is 30.7 Å². The van der Waals surface area contributed by atoms with Gasteiger partial charge in [0.1, 0.15) is 12.6 Å².